The van der Waals surface area contributed by atoms with Crippen LogP contribution >= 0.6 is 0 Å². The van der Waals surface area contributed by atoms with E-state index in [1.807, 2.05) is 30.6 Å². The molecule has 4 aromatic heterocycles. The minimum atomic E-state index is 0.844. The van der Waals surface area contributed by atoms with Crippen LogP contribution in [-0.2, 0) is 0 Å². The second-order valence-electron chi connectivity index (χ2n) is 11.1. The van der Waals surface area contributed by atoms with Gasteiger partial charge in [0.15, 0.2) is 0 Å². The van der Waals surface area contributed by atoms with Crippen LogP contribution in [0.5, 0.6) is 0 Å². The van der Waals surface area contributed by atoms with Crippen molar-refractivity contribution in [1.82, 2.24) is 9.97 Å². The highest BCUT2D eigenvalue weighted by Gasteiger charge is 2.17. The first-order valence-corrected chi connectivity index (χ1v) is 14.9. The van der Waals surface area contributed by atoms with Gasteiger partial charge in [-0.1, -0.05) is 78.9 Å². The van der Waals surface area contributed by atoms with Crippen LogP contribution in [0.3, 0.4) is 0 Å². The molecule has 0 saturated carbocycles. The average Bonchev–Trinajstić information content (AvgIpc) is 3.68. The Hall–Kier alpha value is -6.20. The monoisotopic (exact) mass is 579 g/mol. The van der Waals surface area contributed by atoms with E-state index in [9.17, 15) is 0 Å². The fourth-order valence-electron chi connectivity index (χ4n) is 6.34. The topological polar surface area (TPSA) is 55.3 Å². The highest BCUT2D eigenvalue weighted by molar-refractivity contribution is 6.10. The first-order chi connectivity index (χ1) is 22.3. The highest BCUT2D eigenvalue weighted by atomic mass is 16.3. The predicted octanol–water partition coefficient (Wildman–Crippen LogP) is 11.1. The molecule has 5 nitrogen and oxygen atoms in total. The van der Waals surface area contributed by atoms with Crippen LogP contribution in [0.15, 0.2) is 161 Å². The van der Waals surface area contributed by atoms with Crippen LogP contribution < -0.4 is 4.90 Å². The summed E-state index contributed by atoms with van der Waals surface area (Å²) in [5.41, 5.74) is 10.9. The van der Waals surface area contributed by atoms with E-state index in [4.69, 9.17) is 8.83 Å². The zero-order valence-corrected chi connectivity index (χ0v) is 24.1. The lowest BCUT2D eigenvalue weighted by Crippen LogP contribution is -2.09. The molecule has 0 amide bonds. The van der Waals surface area contributed by atoms with Gasteiger partial charge < -0.3 is 13.7 Å². The number of aromatic nitrogens is 2. The molecule has 45 heavy (non-hydrogen) atoms. The lowest BCUT2D eigenvalue weighted by Gasteiger charge is -2.26. The molecule has 0 atom stereocenters. The smallest absolute Gasteiger partial charge is 0.143 e. The molecule has 0 bridgehead atoms. The maximum atomic E-state index is 6.29. The maximum absolute atomic E-state index is 6.29. The van der Waals surface area contributed by atoms with E-state index in [1.54, 1.807) is 12.4 Å². The van der Waals surface area contributed by atoms with Crippen molar-refractivity contribution in [2.75, 3.05) is 4.90 Å². The Morgan fingerprint density at radius 3 is 1.36 bits per heavy atom. The summed E-state index contributed by atoms with van der Waals surface area (Å²) in [6.45, 7) is 0. The summed E-state index contributed by atoms with van der Waals surface area (Å²) in [7, 11) is 0. The van der Waals surface area contributed by atoms with Gasteiger partial charge >= 0.3 is 0 Å². The minimum Gasteiger partial charge on any atom is -0.455 e. The molecular weight excluding hydrogens is 554 g/mol. The molecule has 0 aliphatic carbocycles. The molecule has 0 spiro atoms. The number of fused-ring (bicyclic) bond motifs is 6. The van der Waals surface area contributed by atoms with Crippen molar-refractivity contribution in [2.24, 2.45) is 0 Å². The molecule has 9 aromatic rings. The molecule has 5 aromatic carbocycles. The van der Waals surface area contributed by atoms with Crippen molar-refractivity contribution in [3.63, 3.8) is 0 Å². The predicted molar refractivity (Wildman–Crippen MR) is 182 cm³/mol. The van der Waals surface area contributed by atoms with E-state index in [-0.39, 0.29) is 0 Å². The number of benzene rings is 5. The summed E-state index contributed by atoms with van der Waals surface area (Å²) < 4.78 is 12.6. The van der Waals surface area contributed by atoms with E-state index in [1.165, 1.54) is 0 Å². The third-order valence-corrected chi connectivity index (χ3v) is 8.48. The molecule has 0 unspecified atom stereocenters. The average molecular weight is 580 g/mol. The first kappa shape index (κ1) is 25.3. The van der Waals surface area contributed by atoms with Crippen LogP contribution in [-0.4, -0.2) is 9.97 Å². The summed E-state index contributed by atoms with van der Waals surface area (Å²) in [5, 5.41) is 4.19. The summed E-state index contributed by atoms with van der Waals surface area (Å²) in [4.78, 5) is 10.9. The van der Waals surface area contributed by atoms with Crippen LogP contribution in [0.1, 0.15) is 0 Å². The van der Waals surface area contributed by atoms with Gasteiger partial charge in [0.05, 0.1) is 0 Å². The number of pyridine rings is 2. The maximum Gasteiger partial charge on any atom is 0.143 e. The zero-order chi connectivity index (χ0) is 29.7. The van der Waals surface area contributed by atoms with Crippen LogP contribution in [0.4, 0.5) is 17.1 Å². The van der Waals surface area contributed by atoms with E-state index < -0.39 is 0 Å². The van der Waals surface area contributed by atoms with E-state index in [0.717, 1.165) is 83.2 Å². The second kappa shape index (κ2) is 10.2. The van der Waals surface area contributed by atoms with Crippen molar-refractivity contribution in [2.45, 2.75) is 0 Å². The van der Waals surface area contributed by atoms with Gasteiger partial charge in [-0.05, 0) is 59.7 Å². The van der Waals surface area contributed by atoms with Gasteiger partial charge in [-0.25, -0.2) is 0 Å². The van der Waals surface area contributed by atoms with Crippen molar-refractivity contribution in [1.29, 1.82) is 0 Å². The molecule has 0 N–H and O–H groups in total. The number of para-hydroxylation sites is 3. The molecular formula is C40H25N3O2. The van der Waals surface area contributed by atoms with Crippen molar-refractivity contribution >= 4 is 60.9 Å². The zero-order valence-electron chi connectivity index (χ0n) is 24.1. The molecule has 9 rings (SSSR count). The summed E-state index contributed by atoms with van der Waals surface area (Å²) >= 11 is 0. The number of rotatable bonds is 5. The lowest BCUT2D eigenvalue weighted by molar-refractivity contribution is 0.669. The summed E-state index contributed by atoms with van der Waals surface area (Å²) in [6.07, 6.45) is 7.26. The van der Waals surface area contributed by atoms with Crippen molar-refractivity contribution in [3.05, 3.63) is 152 Å². The van der Waals surface area contributed by atoms with Gasteiger partial charge in [0.1, 0.15) is 22.3 Å². The van der Waals surface area contributed by atoms with E-state index in [2.05, 4.69) is 124 Å². The van der Waals surface area contributed by atoms with Crippen LogP contribution in [0.2, 0.25) is 0 Å². The Balaban J connectivity index is 1.11. The molecule has 0 saturated heterocycles. The standard InChI is InChI=1S/C40H25N3O2/c1-2-6-28(7-3-1)43(29-16-12-26(13-17-29)31-8-4-10-33-35-24-41-22-20-37(35)44-39(31)33)30-18-14-27(15-19-30)32-9-5-11-34-36-25-42-23-21-38(36)45-40(32)34/h1-25H. The van der Waals surface area contributed by atoms with Gasteiger partial charge in [0.2, 0.25) is 0 Å². The minimum absolute atomic E-state index is 0.844. The van der Waals surface area contributed by atoms with Crippen LogP contribution in [0, 0.1) is 0 Å². The Morgan fingerprint density at radius 2 is 0.867 bits per heavy atom. The molecule has 0 aliphatic rings. The van der Waals surface area contributed by atoms with Gasteiger partial charge in [0, 0.05) is 74.5 Å². The quantitative estimate of drug-likeness (QED) is 0.203. The summed E-state index contributed by atoms with van der Waals surface area (Å²) in [6, 6.07) is 44.2. The molecule has 0 radical (unpaired) electrons. The lowest BCUT2D eigenvalue weighted by atomic mass is 10.0. The largest absolute Gasteiger partial charge is 0.455 e. The molecule has 5 heteroatoms. The Labute approximate surface area is 258 Å². The van der Waals surface area contributed by atoms with Gasteiger partial charge in [-0.3, -0.25) is 9.97 Å². The number of hydrogen-bond acceptors (Lipinski definition) is 5. The summed E-state index contributed by atoms with van der Waals surface area (Å²) in [5.74, 6) is 0. The number of nitrogens with zero attached hydrogens (tertiary/aromatic N) is 3. The van der Waals surface area contributed by atoms with Gasteiger partial charge in [-0.2, -0.15) is 0 Å². The fourth-order valence-corrected chi connectivity index (χ4v) is 6.34. The molecule has 0 fully saturated rings. The first-order valence-electron chi connectivity index (χ1n) is 14.9. The van der Waals surface area contributed by atoms with Gasteiger partial charge in [-0.15, -0.1) is 0 Å². The highest BCUT2D eigenvalue weighted by Crippen LogP contribution is 2.40. The van der Waals surface area contributed by atoms with E-state index >= 15 is 0 Å². The van der Waals surface area contributed by atoms with E-state index in [0.29, 0.717) is 0 Å². The second-order valence-corrected chi connectivity index (χ2v) is 11.1. The third kappa shape index (κ3) is 4.17. The van der Waals surface area contributed by atoms with Gasteiger partial charge in [0.25, 0.3) is 0 Å². The number of anilines is 3. The Kier molecular flexibility index (Phi) is 5.74. The fraction of sp³-hybridized carbons (Fsp3) is 0. The molecule has 0 aliphatic heterocycles. The molecule has 212 valence electrons. The normalized spacial score (nSPS) is 11.6. The third-order valence-electron chi connectivity index (χ3n) is 8.48. The van der Waals surface area contributed by atoms with Crippen molar-refractivity contribution < 1.29 is 8.83 Å². The number of hydrogen-bond donors (Lipinski definition) is 0. The number of furan rings is 2. The molecule has 4 heterocycles. The Bertz CT molecular complexity index is 2320. The van der Waals surface area contributed by atoms with Crippen LogP contribution in [0.25, 0.3) is 66.1 Å². The van der Waals surface area contributed by atoms with Crippen molar-refractivity contribution in [3.8, 4) is 22.3 Å². The Morgan fingerprint density at radius 1 is 0.400 bits per heavy atom. The SMILES string of the molecule is c1ccc(N(c2ccc(-c3cccc4c3oc3ccncc34)cc2)c2ccc(-c3cccc4c3oc3ccncc34)cc2)cc1.